The number of anilines is 1. The van der Waals surface area contributed by atoms with Gasteiger partial charge in [0.15, 0.2) is 22.6 Å². The lowest BCUT2D eigenvalue weighted by Crippen LogP contribution is -2.25. The van der Waals surface area contributed by atoms with Gasteiger partial charge in [-0.15, -0.1) is 0 Å². The number of para-hydroxylation sites is 1. The zero-order valence-electron chi connectivity index (χ0n) is 20.8. The number of hydrogen-bond donors (Lipinski definition) is 2. The van der Waals surface area contributed by atoms with Crippen molar-refractivity contribution in [2.45, 2.75) is 6.18 Å². The van der Waals surface area contributed by atoms with Crippen LogP contribution in [0.3, 0.4) is 0 Å². The minimum atomic E-state index is -4.92. The number of carbonyl (C=O) groups is 1. The zero-order valence-corrected chi connectivity index (χ0v) is 20.8. The molecule has 14 heteroatoms. The molecule has 1 amide bonds. The number of alkyl halides is 3. The maximum absolute atomic E-state index is 14.2. The van der Waals surface area contributed by atoms with Crippen LogP contribution < -0.4 is 15.6 Å². The number of carbonyl (C=O) groups excluding carboxylic acids is 1. The van der Waals surface area contributed by atoms with Crippen LogP contribution in [0.4, 0.5) is 19.0 Å². The van der Waals surface area contributed by atoms with Gasteiger partial charge in [0.1, 0.15) is 22.7 Å². The SMILES string of the molecule is COc1cccc2oc(-c3c(C(=O)Nc4ccn(C)n4)[nH]c4c(-c5ccccc5)c(C(F)(F)F)nn4c3=O)nc12. The monoisotopic (exact) mass is 549 g/mol. The molecule has 202 valence electrons. The smallest absolute Gasteiger partial charge is 0.435 e. The fourth-order valence-corrected chi connectivity index (χ4v) is 4.38. The van der Waals surface area contributed by atoms with E-state index in [0.29, 0.717) is 10.3 Å². The van der Waals surface area contributed by atoms with E-state index in [4.69, 9.17) is 9.15 Å². The van der Waals surface area contributed by atoms with Crippen LogP contribution in [0.1, 0.15) is 16.2 Å². The highest BCUT2D eigenvalue weighted by molar-refractivity contribution is 6.07. The summed E-state index contributed by atoms with van der Waals surface area (Å²) in [4.78, 5) is 34.4. The Morgan fingerprint density at radius 1 is 1.05 bits per heavy atom. The third-order valence-electron chi connectivity index (χ3n) is 6.11. The van der Waals surface area contributed by atoms with Gasteiger partial charge in [-0.25, -0.2) is 4.98 Å². The molecule has 40 heavy (non-hydrogen) atoms. The van der Waals surface area contributed by atoms with E-state index in [2.05, 4.69) is 25.5 Å². The number of fused-ring (bicyclic) bond motifs is 2. The highest BCUT2D eigenvalue weighted by atomic mass is 19.4. The molecule has 2 N–H and O–H groups in total. The molecule has 0 spiro atoms. The van der Waals surface area contributed by atoms with Crippen LogP contribution in [0.5, 0.6) is 5.75 Å². The number of hydrogen-bond acceptors (Lipinski definition) is 7. The maximum atomic E-state index is 14.2. The topological polar surface area (TPSA) is 132 Å². The normalized spacial score (nSPS) is 11.8. The first-order valence-electron chi connectivity index (χ1n) is 11.7. The molecular weight excluding hydrogens is 531 g/mol. The Hall–Kier alpha value is -5.40. The van der Waals surface area contributed by atoms with Crippen molar-refractivity contribution in [1.29, 1.82) is 0 Å². The van der Waals surface area contributed by atoms with Crippen LogP contribution in [-0.2, 0) is 13.2 Å². The lowest BCUT2D eigenvalue weighted by molar-refractivity contribution is -0.140. The molecule has 2 aromatic carbocycles. The quantitative estimate of drug-likeness (QED) is 0.323. The number of nitrogens with one attached hydrogen (secondary N) is 2. The number of aromatic amines is 1. The van der Waals surface area contributed by atoms with Gasteiger partial charge in [-0.3, -0.25) is 14.3 Å². The van der Waals surface area contributed by atoms with Gasteiger partial charge in [0.05, 0.1) is 12.7 Å². The van der Waals surface area contributed by atoms with Crippen LogP contribution in [0.15, 0.2) is 70.0 Å². The Labute approximate surface area is 221 Å². The molecule has 0 saturated carbocycles. The van der Waals surface area contributed by atoms with Gasteiger partial charge in [0.2, 0.25) is 5.89 Å². The number of oxazole rings is 1. The van der Waals surface area contributed by atoms with Crippen LogP contribution in [0.25, 0.3) is 39.3 Å². The second-order valence-corrected chi connectivity index (χ2v) is 8.68. The predicted octanol–water partition coefficient (Wildman–Crippen LogP) is 4.51. The van der Waals surface area contributed by atoms with Crippen molar-refractivity contribution < 1.29 is 27.1 Å². The summed E-state index contributed by atoms with van der Waals surface area (Å²) >= 11 is 0. The lowest BCUT2D eigenvalue weighted by atomic mass is 10.1. The standard InChI is InChI=1S/C26H18F3N7O4/c1-35-12-11-16(33-35)30-23(37)20-18(24-32-19-14(39-2)9-6-10-15(19)40-24)25(38)36-22(31-20)17(13-7-4-3-5-8-13)21(34-36)26(27,28)29/h3-12,31H,1-2H3,(H,30,33,37). The zero-order chi connectivity index (χ0) is 28.2. The summed E-state index contributed by atoms with van der Waals surface area (Å²) in [6.07, 6.45) is -3.34. The number of rotatable bonds is 5. The fourth-order valence-electron chi connectivity index (χ4n) is 4.38. The van der Waals surface area contributed by atoms with Crippen LogP contribution in [0, 0.1) is 0 Å². The molecule has 0 bridgehead atoms. The molecule has 0 atom stereocenters. The van der Waals surface area contributed by atoms with Crippen LogP contribution >= 0.6 is 0 Å². The van der Waals surface area contributed by atoms with Crippen molar-refractivity contribution in [3.05, 3.63) is 82.5 Å². The van der Waals surface area contributed by atoms with E-state index in [-0.39, 0.29) is 34.0 Å². The maximum Gasteiger partial charge on any atom is 0.435 e. The second kappa shape index (κ2) is 9.11. The largest absolute Gasteiger partial charge is 0.494 e. The van der Waals surface area contributed by atoms with Crippen LogP contribution in [-0.4, -0.2) is 42.4 Å². The first-order valence-corrected chi connectivity index (χ1v) is 11.7. The van der Waals surface area contributed by atoms with E-state index in [0.717, 1.165) is 0 Å². The van der Waals surface area contributed by atoms with Gasteiger partial charge in [0.25, 0.3) is 11.5 Å². The van der Waals surface area contributed by atoms with E-state index in [1.807, 2.05) is 0 Å². The number of aromatic nitrogens is 6. The van der Waals surface area contributed by atoms with Crippen molar-refractivity contribution in [3.63, 3.8) is 0 Å². The summed E-state index contributed by atoms with van der Waals surface area (Å²) in [5.74, 6) is -0.712. The highest BCUT2D eigenvalue weighted by Gasteiger charge is 2.40. The lowest BCUT2D eigenvalue weighted by Gasteiger charge is -2.09. The number of benzene rings is 2. The molecule has 0 aliphatic rings. The molecule has 0 unspecified atom stereocenters. The summed E-state index contributed by atoms with van der Waals surface area (Å²) in [7, 11) is 3.05. The Bertz CT molecular complexity index is 1970. The van der Waals surface area contributed by atoms with Crippen molar-refractivity contribution in [1.82, 2.24) is 29.4 Å². The molecule has 0 radical (unpaired) electrons. The summed E-state index contributed by atoms with van der Waals surface area (Å²) in [5.41, 5.74) is -3.33. The fraction of sp³-hybridized carbons (Fsp3) is 0.115. The molecule has 4 heterocycles. The molecule has 0 aliphatic heterocycles. The second-order valence-electron chi connectivity index (χ2n) is 8.68. The number of ether oxygens (including phenoxy) is 1. The Kier molecular flexibility index (Phi) is 5.67. The predicted molar refractivity (Wildman–Crippen MR) is 137 cm³/mol. The molecule has 0 aliphatic carbocycles. The molecule has 6 aromatic rings. The van der Waals surface area contributed by atoms with E-state index in [9.17, 15) is 22.8 Å². The average Bonchev–Trinajstić information content (AvgIpc) is 3.65. The summed E-state index contributed by atoms with van der Waals surface area (Å²) in [6.45, 7) is 0. The molecule has 0 saturated heterocycles. The van der Waals surface area contributed by atoms with E-state index < -0.39 is 40.2 Å². The van der Waals surface area contributed by atoms with Crippen molar-refractivity contribution >= 4 is 28.5 Å². The third-order valence-corrected chi connectivity index (χ3v) is 6.11. The highest BCUT2D eigenvalue weighted by Crippen LogP contribution is 2.39. The van der Waals surface area contributed by atoms with Gasteiger partial charge in [-0.1, -0.05) is 36.4 Å². The summed E-state index contributed by atoms with van der Waals surface area (Å²) in [5, 5.41) is 10.3. The van der Waals surface area contributed by atoms with E-state index in [1.165, 1.54) is 30.0 Å². The number of nitrogens with zero attached hydrogens (tertiary/aromatic N) is 5. The van der Waals surface area contributed by atoms with Gasteiger partial charge in [0, 0.05) is 19.3 Å². The van der Waals surface area contributed by atoms with Gasteiger partial charge < -0.3 is 19.5 Å². The van der Waals surface area contributed by atoms with Gasteiger partial charge in [-0.2, -0.15) is 27.9 Å². The minimum absolute atomic E-state index is 0.135. The van der Waals surface area contributed by atoms with Crippen molar-refractivity contribution in [2.75, 3.05) is 12.4 Å². The van der Waals surface area contributed by atoms with E-state index >= 15 is 0 Å². The summed E-state index contributed by atoms with van der Waals surface area (Å²) in [6, 6.07) is 13.9. The minimum Gasteiger partial charge on any atom is -0.494 e. The van der Waals surface area contributed by atoms with Gasteiger partial charge >= 0.3 is 6.18 Å². The number of methoxy groups -OCH3 is 1. The van der Waals surface area contributed by atoms with Crippen LogP contribution in [0.2, 0.25) is 0 Å². The van der Waals surface area contributed by atoms with Crippen molar-refractivity contribution in [3.8, 4) is 28.3 Å². The molecule has 4 aromatic heterocycles. The molecular formula is C26H18F3N7O4. The molecule has 11 nitrogen and oxygen atoms in total. The van der Waals surface area contributed by atoms with Crippen molar-refractivity contribution in [2.24, 2.45) is 7.05 Å². The number of amides is 1. The first-order chi connectivity index (χ1) is 19.2. The Morgan fingerprint density at radius 3 is 2.50 bits per heavy atom. The molecule has 0 fully saturated rings. The molecule has 6 rings (SSSR count). The summed E-state index contributed by atoms with van der Waals surface area (Å²) < 4.78 is 55.6. The Morgan fingerprint density at radius 2 is 1.82 bits per heavy atom. The number of halogens is 3. The first kappa shape index (κ1) is 24.9. The van der Waals surface area contributed by atoms with Gasteiger partial charge in [-0.05, 0) is 17.7 Å². The number of aryl methyl sites for hydroxylation is 1. The average molecular weight is 549 g/mol. The Balaban J connectivity index is 1.67. The van der Waals surface area contributed by atoms with E-state index in [1.54, 1.807) is 49.6 Å². The third kappa shape index (κ3) is 4.05. The number of H-pyrrole nitrogens is 1.